The lowest BCUT2D eigenvalue weighted by molar-refractivity contribution is 0.355. The van der Waals surface area contributed by atoms with Crippen LogP contribution >= 0.6 is 0 Å². The van der Waals surface area contributed by atoms with Gasteiger partial charge < -0.3 is 9.47 Å². The van der Waals surface area contributed by atoms with Crippen LogP contribution in [0.5, 0.6) is 11.5 Å². The molecule has 1 heterocycles. The molecular formula is C13H14N2O2. The van der Waals surface area contributed by atoms with Gasteiger partial charge in [0.25, 0.3) is 0 Å². The zero-order chi connectivity index (χ0) is 11.8. The normalized spacial score (nSPS) is 14.9. The lowest BCUT2D eigenvalue weighted by Gasteiger charge is -2.09. The van der Waals surface area contributed by atoms with E-state index in [-0.39, 0.29) is 0 Å². The molecule has 1 aliphatic carbocycles. The third-order valence-electron chi connectivity index (χ3n) is 3.05. The van der Waals surface area contributed by atoms with E-state index >= 15 is 0 Å². The average Bonchev–Trinajstić information content (AvgIpc) is 3.20. The molecule has 2 aromatic rings. The summed E-state index contributed by atoms with van der Waals surface area (Å²) in [6.07, 6.45) is 4.27. The van der Waals surface area contributed by atoms with Gasteiger partial charge in [-0.1, -0.05) is 0 Å². The highest BCUT2D eigenvalue weighted by Gasteiger charge is 2.26. The van der Waals surface area contributed by atoms with E-state index < -0.39 is 0 Å². The van der Waals surface area contributed by atoms with Gasteiger partial charge >= 0.3 is 0 Å². The fourth-order valence-corrected chi connectivity index (χ4v) is 1.91. The van der Waals surface area contributed by atoms with Gasteiger partial charge in [0.15, 0.2) is 11.5 Å². The molecule has 4 nitrogen and oxygen atoms in total. The number of benzene rings is 1. The summed E-state index contributed by atoms with van der Waals surface area (Å²) in [6.45, 7) is 0. The Morgan fingerprint density at radius 1 is 1.12 bits per heavy atom. The Morgan fingerprint density at radius 2 is 1.82 bits per heavy atom. The van der Waals surface area contributed by atoms with Crippen molar-refractivity contribution in [2.24, 2.45) is 0 Å². The molecule has 1 aliphatic rings. The van der Waals surface area contributed by atoms with E-state index in [4.69, 9.17) is 9.47 Å². The van der Waals surface area contributed by atoms with Crippen LogP contribution in [0.1, 0.15) is 24.6 Å². The summed E-state index contributed by atoms with van der Waals surface area (Å²) in [7, 11) is 3.26. The van der Waals surface area contributed by atoms with Crippen LogP contribution in [0.25, 0.3) is 10.9 Å². The molecule has 0 aliphatic heterocycles. The molecule has 4 heteroatoms. The van der Waals surface area contributed by atoms with Gasteiger partial charge in [-0.25, -0.2) is 9.97 Å². The molecule has 17 heavy (non-hydrogen) atoms. The van der Waals surface area contributed by atoms with Gasteiger partial charge in [-0.3, -0.25) is 0 Å². The summed E-state index contributed by atoms with van der Waals surface area (Å²) >= 11 is 0. The second kappa shape index (κ2) is 3.87. The molecule has 0 saturated heterocycles. The van der Waals surface area contributed by atoms with Crippen molar-refractivity contribution in [3.05, 3.63) is 24.2 Å². The molecule has 0 radical (unpaired) electrons. The van der Waals surface area contributed by atoms with Gasteiger partial charge in [0.05, 0.1) is 19.7 Å². The average molecular weight is 230 g/mol. The molecule has 1 fully saturated rings. The Balaban J connectivity index is 2.15. The summed E-state index contributed by atoms with van der Waals surface area (Å²) in [6, 6.07) is 3.81. The number of hydrogen-bond acceptors (Lipinski definition) is 4. The lowest BCUT2D eigenvalue weighted by Crippen LogP contribution is -1.95. The van der Waals surface area contributed by atoms with Crippen molar-refractivity contribution >= 4 is 10.9 Å². The number of hydrogen-bond donors (Lipinski definition) is 0. The van der Waals surface area contributed by atoms with E-state index in [0.29, 0.717) is 17.4 Å². The number of aromatic nitrogens is 2. The molecule has 1 aromatic carbocycles. The second-order valence-electron chi connectivity index (χ2n) is 4.27. The first kappa shape index (κ1) is 10.3. The minimum Gasteiger partial charge on any atom is -0.493 e. The van der Waals surface area contributed by atoms with Gasteiger partial charge in [-0.2, -0.15) is 0 Å². The lowest BCUT2D eigenvalue weighted by atomic mass is 10.2. The van der Waals surface area contributed by atoms with Crippen LogP contribution in [0.3, 0.4) is 0 Å². The molecule has 88 valence electrons. The van der Waals surface area contributed by atoms with Gasteiger partial charge in [0.1, 0.15) is 5.82 Å². The largest absolute Gasteiger partial charge is 0.493 e. The van der Waals surface area contributed by atoms with E-state index in [2.05, 4.69) is 9.97 Å². The maximum absolute atomic E-state index is 5.27. The fraction of sp³-hybridized carbons (Fsp3) is 0.385. The van der Waals surface area contributed by atoms with Crippen molar-refractivity contribution in [2.75, 3.05) is 14.2 Å². The SMILES string of the molecule is COc1cc2cnc(C3CC3)nc2cc1OC. The predicted molar refractivity (Wildman–Crippen MR) is 64.6 cm³/mol. The van der Waals surface area contributed by atoms with Crippen LogP contribution in [0.2, 0.25) is 0 Å². The summed E-state index contributed by atoms with van der Waals surface area (Å²) < 4.78 is 10.5. The van der Waals surface area contributed by atoms with E-state index in [1.54, 1.807) is 14.2 Å². The summed E-state index contributed by atoms with van der Waals surface area (Å²) in [5, 5.41) is 0.979. The van der Waals surface area contributed by atoms with Crippen molar-refractivity contribution in [3.63, 3.8) is 0 Å². The van der Waals surface area contributed by atoms with E-state index in [9.17, 15) is 0 Å². The highest BCUT2D eigenvalue weighted by Crippen LogP contribution is 2.39. The van der Waals surface area contributed by atoms with Crippen LogP contribution < -0.4 is 9.47 Å². The molecule has 0 N–H and O–H groups in total. The third kappa shape index (κ3) is 1.79. The summed E-state index contributed by atoms with van der Waals surface area (Å²) in [4.78, 5) is 8.97. The zero-order valence-electron chi connectivity index (χ0n) is 9.93. The van der Waals surface area contributed by atoms with Crippen LogP contribution in [0.15, 0.2) is 18.3 Å². The highest BCUT2D eigenvalue weighted by atomic mass is 16.5. The minimum atomic E-state index is 0.562. The molecular weight excluding hydrogens is 216 g/mol. The van der Waals surface area contributed by atoms with Crippen molar-refractivity contribution < 1.29 is 9.47 Å². The molecule has 1 saturated carbocycles. The molecule has 1 aromatic heterocycles. The van der Waals surface area contributed by atoms with Crippen molar-refractivity contribution in [1.82, 2.24) is 9.97 Å². The number of methoxy groups -OCH3 is 2. The van der Waals surface area contributed by atoms with Gasteiger partial charge in [0.2, 0.25) is 0 Å². The Labute approximate surface area is 99.6 Å². The molecule has 0 unspecified atom stereocenters. The molecule has 0 bridgehead atoms. The van der Waals surface area contributed by atoms with Gasteiger partial charge in [-0.15, -0.1) is 0 Å². The standard InChI is InChI=1S/C13H14N2O2/c1-16-11-5-9-7-14-13(8-3-4-8)15-10(9)6-12(11)17-2/h5-8H,3-4H2,1-2H3. The predicted octanol–water partition coefficient (Wildman–Crippen LogP) is 2.52. The zero-order valence-corrected chi connectivity index (χ0v) is 9.93. The van der Waals surface area contributed by atoms with E-state index in [0.717, 1.165) is 16.7 Å². The number of fused-ring (bicyclic) bond motifs is 1. The summed E-state index contributed by atoms with van der Waals surface area (Å²) in [5.41, 5.74) is 0.916. The minimum absolute atomic E-state index is 0.562. The van der Waals surface area contributed by atoms with E-state index in [1.807, 2.05) is 18.3 Å². The second-order valence-corrected chi connectivity index (χ2v) is 4.27. The smallest absolute Gasteiger partial charge is 0.162 e. The Bertz CT molecular complexity index is 565. The van der Waals surface area contributed by atoms with Crippen LogP contribution in [-0.2, 0) is 0 Å². The molecule has 0 spiro atoms. The maximum Gasteiger partial charge on any atom is 0.162 e. The van der Waals surface area contributed by atoms with Crippen molar-refractivity contribution in [2.45, 2.75) is 18.8 Å². The summed E-state index contributed by atoms with van der Waals surface area (Å²) in [5.74, 6) is 2.93. The highest BCUT2D eigenvalue weighted by molar-refractivity contribution is 5.82. The van der Waals surface area contributed by atoms with Crippen molar-refractivity contribution in [3.8, 4) is 11.5 Å². The first-order valence-electron chi connectivity index (χ1n) is 5.70. The van der Waals surface area contributed by atoms with Gasteiger partial charge in [0, 0.05) is 23.6 Å². The monoisotopic (exact) mass is 230 g/mol. The number of ether oxygens (including phenoxy) is 2. The number of rotatable bonds is 3. The molecule has 3 rings (SSSR count). The first-order valence-corrected chi connectivity index (χ1v) is 5.70. The Hall–Kier alpha value is -1.84. The van der Waals surface area contributed by atoms with Crippen LogP contribution in [-0.4, -0.2) is 24.2 Å². The van der Waals surface area contributed by atoms with Crippen LogP contribution in [0.4, 0.5) is 0 Å². The Kier molecular flexibility index (Phi) is 2.35. The fourth-order valence-electron chi connectivity index (χ4n) is 1.91. The Morgan fingerprint density at radius 3 is 2.47 bits per heavy atom. The molecule has 0 atom stereocenters. The first-order chi connectivity index (χ1) is 8.31. The quantitative estimate of drug-likeness (QED) is 0.812. The van der Waals surface area contributed by atoms with E-state index in [1.165, 1.54) is 12.8 Å². The van der Waals surface area contributed by atoms with Crippen molar-refractivity contribution in [1.29, 1.82) is 0 Å². The van der Waals surface area contributed by atoms with Gasteiger partial charge in [-0.05, 0) is 18.9 Å². The molecule has 0 amide bonds. The van der Waals surface area contributed by atoms with Crippen LogP contribution in [0, 0.1) is 0 Å². The maximum atomic E-state index is 5.27. The topological polar surface area (TPSA) is 44.2 Å². The third-order valence-corrected chi connectivity index (χ3v) is 3.05. The number of nitrogens with zero attached hydrogens (tertiary/aromatic N) is 2.